The Kier molecular flexibility index (Phi) is 4.01. The molecule has 1 N–H and O–H groups in total. The quantitative estimate of drug-likeness (QED) is 0.691. The first-order valence-electron chi connectivity index (χ1n) is 9.39. The van der Waals surface area contributed by atoms with Gasteiger partial charge in [-0.2, -0.15) is 0 Å². The van der Waals surface area contributed by atoms with E-state index in [0.717, 1.165) is 30.1 Å². The van der Waals surface area contributed by atoms with Crippen molar-refractivity contribution in [3.05, 3.63) is 53.3 Å². The largest absolute Gasteiger partial charge is 0.459 e. The number of benzene rings is 1. The number of fused-ring (bicyclic) bond motifs is 1. The van der Waals surface area contributed by atoms with Crippen molar-refractivity contribution in [2.24, 2.45) is 5.92 Å². The number of nitrogens with one attached hydrogen (secondary N) is 1. The number of hydrogen-bond acceptors (Lipinski definition) is 5. The molecule has 2 aromatic heterocycles. The van der Waals surface area contributed by atoms with E-state index in [1.54, 1.807) is 12.1 Å². The molecule has 0 radical (unpaired) electrons. The highest BCUT2D eigenvalue weighted by Gasteiger charge is 2.34. The summed E-state index contributed by atoms with van der Waals surface area (Å²) in [6, 6.07) is 10.6. The second-order valence-electron chi connectivity index (χ2n) is 7.33. The van der Waals surface area contributed by atoms with Gasteiger partial charge in [-0.1, -0.05) is 6.07 Å². The lowest BCUT2D eigenvalue weighted by Crippen LogP contribution is -2.32. The van der Waals surface area contributed by atoms with E-state index in [1.807, 2.05) is 5.38 Å². The minimum atomic E-state index is -0.278. The first-order chi connectivity index (χ1) is 13.2. The standard InChI is InChI=1S/C21H21N3O2S/c1-13(14-4-5-14)24-9-8-16-11-15(6-7-18(16)24)17-12-27-21(22-17)23-20(25)19-3-2-10-26-19/h2-3,6-7,10-14H,4-5,8-9H2,1H3,(H,22,23,25). The van der Waals surface area contributed by atoms with E-state index in [1.165, 1.54) is 41.7 Å². The molecule has 6 heteroatoms. The minimum Gasteiger partial charge on any atom is -0.459 e. The molecule has 1 aliphatic carbocycles. The van der Waals surface area contributed by atoms with Gasteiger partial charge in [-0.25, -0.2) is 4.98 Å². The molecule has 1 aromatic carbocycles. The fourth-order valence-corrected chi connectivity index (χ4v) is 4.59. The van der Waals surface area contributed by atoms with E-state index >= 15 is 0 Å². The van der Waals surface area contributed by atoms with Crippen LogP contribution in [0.4, 0.5) is 10.8 Å². The predicted molar refractivity (Wildman–Crippen MR) is 107 cm³/mol. The Morgan fingerprint density at radius 2 is 2.26 bits per heavy atom. The summed E-state index contributed by atoms with van der Waals surface area (Å²) in [5, 5.41) is 5.36. The van der Waals surface area contributed by atoms with Crippen LogP contribution in [0.3, 0.4) is 0 Å². The number of rotatable bonds is 5. The molecule has 1 atom stereocenters. The maximum atomic E-state index is 12.1. The number of hydrogen-bond donors (Lipinski definition) is 1. The van der Waals surface area contributed by atoms with E-state index < -0.39 is 0 Å². The number of aromatic nitrogens is 1. The lowest BCUT2D eigenvalue weighted by Gasteiger charge is -2.27. The molecular weight excluding hydrogens is 358 g/mol. The molecule has 138 valence electrons. The Morgan fingerprint density at radius 3 is 3.04 bits per heavy atom. The van der Waals surface area contributed by atoms with Gasteiger partial charge in [-0.3, -0.25) is 10.1 Å². The zero-order valence-corrected chi connectivity index (χ0v) is 16.0. The van der Waals surface area contributed by atoms with Crippen molar-refractivity contribution in [1.29, 1.82) is 0 Å². The SMILES string of the molecule is CC(C1CC1)N1CCc2cc(-c3csc(NC(=O)c4ccco4)n3)ccc21. The molecule has 1 fully saturated rings. The molecule has 5 nitrogen and oxygen atoms in total. The van der Waals surface area contributed by atoms with E-state index in [0.29, 0.717) is 11.2 Å². The maximum absolute atomic E-state index is 12.1. The predicted octanol–water partition coefficient (Wildman–Crippen LogP) is 4.82. The van der Waals surface area contributed by atoms with Gasteiger partial charge in [0.15, 0.2) is 10.9 Å². The molecule has 1 saturated carbocycles. The summed E-state index contributed by atoms with van der Waals surface area (Å²) >= 11 is 1.43. The van der Waals surface area contributed by atoms with Gasteiger partial charge in [0.2, 0.25) is 0 Å². The Balaban J connectivity index is 1.34. The van der Waals surface area contributed by atoms with Crippen LogP contribution in [-0.2, 0) is 6.42 Å². The average molecular weight is 379 g/mol. The van der Waals surface area contributed by atoms with Crippen molar-refractivity contribution < 1.29 is 9.21 Å². The van der Waals surface area contributed by atoms with Crippen molar-refractivity contribution >= 4 is 28.1 Å². The summed E-state index contributed by atoms with van der Waals surface area (Å²) in [5.74, 6) is 0.878. The zero-order valence-electron chi connectivity index (χ0n) is 15.1. The van der Waals surface area contributed by atoms with Crippen LogP contribution in [0.2, 0.25) is 0 Å². The fraction of sp³-hybridized carbons (Fsp3) is 0.333. The van der Waals surface area contributed by atoms with Crippen LogP contribution >= 0.6 is 11.3 Å². The van der Waals surface area contributed by atoms with E-state index in [4.69, 9.17) is 4.42 Å². The van der Waals surface area contributed by atoms with Gasteiger partial charge in [-0.15, -0.1) is 11.3 Å². The normalized spacial score (nSPS) is 17.0. The molecule has 0 bridgehead atoms. The smallest absolute Gasteiger partial charge is 0.293 e. The van der Waals surface area contributed by atoms with E-state index in [-0.39, 0.29) is 11.7 Å². The molecule has 1 unspecified atom stereocenters. The molecule has 3 heterocycles. The second kappa shape index (κ2) is 6.53. The fourth-order valence-electron chi connectivity index (χ4n) is 3.87. The van der Waals surface area contributed by atoms with Gasteiger partial charge >= 0.3 is 0 Å². The van der Waals surface area contributed by atoms with Gasteiger partial charge in [0.05, 0.1) is 12.0 Å². The number of thiazole rings is 1. The van der Waals surface area contributed by atoms with Crippen molar-refractivity contribution in [3.63, 3.8) is 0 Å². The van der Waals surface area contributed by atoms with Crippen LogP contribution in [0.15, 0.2) is 46.4 Å². The summed E-state index contributed by atoms with van der Waals surface area (Å²) in [6.45, 7) is 3.47. The Morgan fingerprint density at radius 1 is 1.37 bits per heavy atom. The van der Waals surface area contributed by atoms with Crippen molar-refractivity contribution in [3.8, 4) is 11.3 Å². The third kappa shape index (κ3) is 3.14. The third-order valence-corrected chi connectivity index (χ3v) is 6.33. The van der Waals surface area contributed by atoms with Crippen LogP contribution in [0.25, 0.3) is 11.3 Å². The summed E-state index contributed by atoms with van der Waals surface area (Å²) < 4.78 is 5.12. The lowest BCUT2D eigenvalue weighted by atomic mass is 10.1. The number of furan rings is 1. The number of carbonyl (C=O) groups is 1. The molecule has 2 aliphatic rings. The second-order valence-corrected chi connectivity index (χ2v) is 8.19. The molecular formula is C21H21N3O2S. The summed E-state index contributed by atoms with van der Waals surface area (Å²) in [6.07, 6.45) is 5.32. The summed E-state index contributed by atoms with van der Waals surface area (Å²) in [5.41, 5.74) is 4.77. The minimum absolute atomic E-state index is 0.278. The van der Waals surface area contributed by atoms with Crippen molar-refractivity contribution in [1.82, 2.24) is 4.98 Å². The Hall–Kier alpha value is -2.60. The van der Waals surface area contributed by atoms with Crippen molar-refractivity contribution in [2.45, 2.75) is 32.2 Å². The van der Waals surface area contributed by atoms with Crippen LogP contribution in [0, 0.1) is 5.92 Å². The van der Waals surface area contributed by atoms with E-state index in [2.05, 4.69) is 40.3 Å². The van der Waals surface area contributed by atoms with Crippen LogP contribution < -0.4 is 10.2 Å². The third-order valence-electron chi connectivity index (χ3n) is 5.57. The zero-order chi connectivity index (χ0) is 18.4. The first-order valence-corrected chi connectivity index (χ1v) is 10.3. The van der Waals surface area contributed by atoms with Gasteiger partial charge in [0.1, 0.15) is 0 Å². The summed E-state index contributed by atoms with van der Waals surface area (Å²) in [7, 11) is 0. The monoisotopic (exact) mass is 379 g/mol. The topological polar surface area (TPSA) is 58.4 Å². The number of nitrogens with zero attached hydrogens (tertiary/aromatic N) is 2. The number of anilines is 2. The molecule has 1 aliphatic heterocycles. The highest BCUT2D eigenvalue weighted by Crippen LogP contribution is 2.41. The molecule has 5 rings (SSSR count). The van der Waals surface area contributed by atoms with Gasteiger partial charge in [0.25, 0.3) is 5.91 Å². The highest BCUT2D eigenvalue weighted by molar-refractivity contribution is 7.14. The number of amides is 1. The van der Waals surface area contributed by atoms with Crippen molar-refractivity contribution in [2.75, 3.05) is 16.8 Å². The van der Waals surface area contributed by atoms with Crippen LogP contribution in [-0.4, -0.2) is 23.5 Å². The molecule has 27 heavy (non-hydrogen) atoms. The molecule has 0 spiro atoms. The molecule has 0 saturated heterocycles. The maximum Gasteiger partial charge on any atom is 0.293 e. The summed E-state index contributed by atoms with van der Waals surface area (Å²) in [4.78, 5) is 19.2. The van der Waals surface area contributed by atoms with Gasteiger partial charge < -0.3 is 9.32 Å². The van der Waals surface area contributed by atoms with Crippen LogP contribution in [0.5, 0.6) is 0 Å². The van der Waals surface area contributed by atoms with E-state index in [9.17, 15) is 4.79 Å². The molecule has 3 aromatic rings. The Labute approximate surface area is 162 Å². The first kappa shape index (κ1) is 16.6. The van der Waals surface area contributed by atoms with Crippen LogP contribution in [0.1, 0.15) is 35.9 Å². The van der Waals surface area contributed by atoms with Gasteiger partial charge in [-0.05, 0) is 61.9 Å². The molecule has 1 amide bonds. The Bertz CT molecular complexity index is 975. The van der Waals surface area contributed by atoms with Gasteiger partial charge in [0, 0.05) is 29.2 Å². The highest BCUT2D eigenvalue weighted by atomic mass is 32.1. The number of carbonyl (C=O) groups excluding carboxylic acids is 1. The lowest BCUT2D eigenvalue weighted by molar-refractivity contribution is 0.0996. The average Bonchev–Trinajstić information content (AvgIpc) is 3.09.